The monoisotopic (exact) mass is 231 g/mol. The van der Waals surface area contributed by atoms with Crippen LogP contribution in [0.4, 0.5) is 5.00 Å². The van der Waals surface area contributed by atoms with Crippen molar-refractivity contribution in [3.8, 4) is 0 Å². The van der Waals surface area contributed by atoms with Gasteiger partial charge in [0, 0.05) is 15.6 Å². The maximum absolute atomic E-state index is 5.92. The first kappa shape index (κ1) is 9.13. The van der Waals surface area contributed by atoms with Crippen LogP contribution in [-0.4, -0.2) is 0 Å². The fraction of sp³-hybridized carbons (Fsp3) is 0.111. The van der Waals surface area contributed by atoms with Gasteiger partial charge in [-0.2, -0.15) is 0 Å². The van der Waals surface area contributed by atoms with Crippen LogP contribution in [0.15, 0.2) is 18.2 Å². The number of benzene rings is 1. The molecule has 0 amide bonds. The van der Waals surface area contributed by atoms with Crippen molar-refractivity contribution in [2.75, 3.05) is 5.73 Å². The average Bonchev–Trinajstić information content (AvgIpc) is 2.43. The lowest BCUT2D eigenvalue weighted by molar-refractivity contribution is 1.47. The second kappa shape index (κ2) is 3.37. The molecular weight excluding hydrogens is 225 g/mol. The van der Waals surface area contributed by atoms with Crippen LogP contribution in [0.1, 0.15) is 5.56 Å². The second-order valence-corrected chi connectivity index (χ2v) is 4.55. The molecular formula is C9H7Cl2NS. The van der Waals surface area contributed by atoms with E-state index in [1.165, 1.54) is 0 Å². The second-order valence-electron chi connectivity index (χ2n) is 2.77. The predicted molar refractivity (Wildman–Crippen MR) is 60.8 cm³/mol. The van der Waals surface area contributed by atoms with Gasteiger partial charge in [0.15, 0.2) is 0 Å². The molecule has 0 fully saturated rings. The van der Waals surface area contributed by atoms with E-state index in [0.717, 1.165) is 20.7 Å². The van der Waals surface area contributed by atoms with Gasteiger partial charge in [0.2, 0.25) is 0 Å². The van der Waals surface area contributed by atoms with Crippen LogP contribution in [0.2, 0.25) is 5.02 Å². The Labute approximate surface area is 90.1 Å². The zero-order valence-electron chi connectivity index (χ0n) is 6.68. The van der Waals surface area contributed by atoms with E-state index in [1.807, 2.05) is 18.2 Å². The third kappa shape index (κ3) is 1.62. The van der Waals surface area contributed by atoms with Crippen molar-refractivity contribution < 1.29 is 0 Å². The van der Waals surface area contributed by atoms with Gasteiger partial charge >= 0.3 is 0 Å². The molecule has 2 rings (SSSR count). The zero-order chi connectivity index (χ0) is 9.42. The number of rotatable bonds is 1. The molecule has 68 valence electrons. The van der Waals surface area contributed by atoms with Gasteiger partial charge in [-0.1, -0.05) is 11.6 Å². The van der Waals surface area contributed by atoms with Gasteiger partial charge in [-0.05, 0) is 29.1 Å². The Kier molecular flexibility index (Phi) is 2.37. The third-order valence-electron chi connectivity index (χ3n) is 1.82. The number of nitrogens with two attached hydrogens (primary N) is 1. The zero-order valence-corrected chi connectivity index (χ0v) is 9.01. The van der Waals surface area contributed by atoms with Crippen molar-refractivity contribution >= 4 is 49.6 Å². The Morgan fingerprint density at radius 1 is 1.31 bits per heavy atom. The molecule has 0 aliphatic heterocycles. The fourth-order valence-electron chi connectivity index (χ4n) is 1.30. The van der Waals surface area contributed by atoms with E-state index in [4.69, 9.17) is 28.9 Å². The lowest BCUT2D eigenvalue weighted by atomic mass is 10.2. The quantitative estimate of drug-likeness (QED) is 0.742. The fourth-order valence-corrected chi connectivity index (χ4v) is 2.76. The average molecular weight is 232 g/mol. The van der Waals surface area contributed by atoms with Gasteiger partial charge in [-0.15, -0.1) is 22.9 Å². The number of hydrogen-bond donors (Lipinski definition) is 1. The largest absolute Gasteiger partial charge is 0.391 e. The van der Waals surface area contributed by atoms with Gasteiger partial charge in [-0.3, -0.25) is 0 Å². The van der Waals surface area contributed by atoms with Gasteiger partial charge in [-0.25, -0.2) is 0 Å². The van der Waals surface area contributed by atoms with E-state index in [9.17, 15) is 0 Å². The van der Waals surface area contributed by atoms with E-state index in [1.54, 1.807) is 11.3 Å². The molecule has 4 heteroatoms. The number of halogens is 2. The first-order valence-electron chi connectivity index (χ1n) is 3.74. The molecule has 0 saturated heterocycles. The highest BCUT2D eigenvalue weighted by Gasteiger charge is 2.05. The minimum Gasteiger partial charge on any atom is -0.391 e. The van der Waals surface area contributed by atoms with Crippen LogP contribution in [-0.2, 0) is 5.88 Å². The summed E-state index contributed by atoms with van der Waals surface area (Å²) in [6, 6.07) is 5.70. The standard InChI is InChI=1S/C9H7Cl2NS/c10-4-6-2-7(11)1-5-3-8(12)13-9(5)6/h1-3H,4,12H2. The Hall–Kier alpha value is -0.440. The van der Waals surface area contributed by atoms with Crippen molar-refractivity contribution in [2.24, 2.45) is 0 Å². The molecule has 0 atom stereocenters. The maximum atomic E-state index is 5.92. The van der Waals surface area contributed by atoms with Crippen LogP contribution in [0, 0.1) is 0 Å². The number of thiophene rings is 1. The molecule has 1 heterocycles. The molecule has 1 nitrogen and oxygen atoms in total. The molecule has 13 heavy (non-hydrogen) atoms. The number of nitrogen functional groups attached to an aromatic ring is 1. The summed E-state index contributed by atoms with van der Waals surface area (Å²) in [7, 11) is 0. The van der Waals surface area contributed by atoms with E-state index >= 15 is 0 Å². The lowest BCUT2D eigenvalue weighted by Crippen LogP contribution is -1.77. The van der Waals surface area contributed by atoms with E-state index in [0.29, 0.717) is 10.9 Å². The molecule has 1 aromatic carbocycles. The highest BCUT2D eigenvalue weighted by molar-refractivity contribution is 7.22. The highest BCUT2D eigenvalue weighted by atomic mass is 35.5. The van der Waals surface area contributed by atoms with Gasteiger partial charge < -0.3 is 5.73 Å². The lowest BCUT2D eigenvalue weighted by Gasteiger charge is -1.98. The highest BCUT2D eigenvalue weighted by Crippen LogP contribution is 2.33. The Morgan fingerprint density at radius 3 is 2.77 bits per heavy atom. The van der Waals surface area contributed by atoms with Crippen molar-refractivity contribution in [2.45, 2.75) is 5.88 Å². The normalized spacial score (nSPS) is 10.9. The summed E-state index contributed by atoms with van der Waals surface area (Å²) < 4.78 is 1.14. The topological polar surface area (TPSA) is 26.0 Å². The summed E-state index contributed by atoms with van der Waals surface area (Å²) in [6.45, 7) is 0. The van der Waals surface area contributed by atoms with E-state index < -0.39 is 0 Å². The molecule has 0 aliphatic rings. The van der Waals surface area contributed by atoms with Crippen molar-refractivity contribution in [3.63, 3.8) is 0 Å². The van der Waals surface area contributed by atoms with Gasteiger partial charge in [0.1, 0.15) is 0 Å². The van der Waals surface area contributed by atoms with Crippen LogP contribution in [0.5, 0.6) is 0 Å². The van der Waals surface area contributed by atoms with Crippen molar-refractivity contribution in [1.29, 1.82) is 0 Å². The van der Waals surface area contributed by atoms with E-state index in [-0.39, 0.29) is 0 Å². The minimum atomic E-state index is 0.469. The predicted octanol–water partition coefficient (Wildman–Crippen LogP) is 3.88. The molecule has 2 aromatic rings. The summed E-state index contributed by atoms with van der Waals surface area (Å²) in [5.41, 5.74) is 6.74. The number of hydrogen-bond acceptors (Lipinski definition) is 2. The molecule has 1 aromatic heterocycles. The van der Waals surface area contributed by atoms with Gasteiger partial charge in [0.05, 0.1) is 5.00 Å². The molecule has 0 aliphatic carbocycles. The molecule has 0 spiro atoms. The summed E-state index contributed by atoms with van der Waals surface area (Å²) in [4.78, 5) is 0. The third-order valence-corrected chi connectivity index (χ3v) is 3.38. The van der Waals surface area contributed by atoms with Crippen LogP contribution in [0.3, 0.4) is 0 Å². The van der Waals surface area contributed by atoms with Crippen LogP contribution < -0.4 is 5.73 Å². The first-order valence-corrected chi connectivity index (χ1v) is 5.47. The smallest absolute Gasteiger partial charge is 0.0868 e. The van der Waals surface area contributed by atoms with Crippen molar-refractivity contribution in [3.05, 3.63) is 28.8 Å². The Balaban J connectivity index is 2.80. The van der Waals surface area contributed by atoms with E-state index in [2.05, 4.69) is 0 Å². The summed E-state index contributed by atoms with van der Waals surface area (Å²) in [5.74, 6) is 0.469. The summed E-state index contributed by atoms with van der Waals surface area (Å²) >= 11 is 13.3. The SMILES string of the molecule is Nc1cc2cc(Cl)cc(CCl)c2s1. The Morgan fingerprint density at radius 2 is 2.08 bits per heavy atom. The number of fused-ring (bicyclic) bond motifs is 1. The summed E-state index contributed by atoms with van der Waals surface area (Å²) in [5, 5.41) is 2.58. The van der Waals surface area contributed by atoms with Crippen LogP contribution >= 0.6 is 34.5 Å². The first-order chi connectivity index (χ1) is 6.20. The minimum absolute atomic E-state index is 0.469. The molecule has 0 saturated carbocycles. The molecule has 0 bridgehead atoms. The maximum Gasteiger partial charge on any atom is 0.0868 e. The number of anilines is 1. The molecule has 0 radical (unpaired) electrons. The Bertz CT molecular complexity index is 450. The molecule has 0 unspecified atom stereocenters. The van der Waals surface area contributed by atoms with Crippen molar-refractivity contribution in [1.82, 2.24) is 0 Å². The summed E-state index contributed by atoms with van der Waals surface area (Å²) in [6.07, 6.45) is 0. The number of alkyl halides is 1. The van der Waals surface area contributed by atoms with Gasteiger partial charge in [0.25, 0.3) is 0 Å². The molecule has 2 N–H and O–H groups in total. The van der Waals surface area contributed by atoms with Crippen LogP contribution in [0.25, 0.3) is 10.1 Å².